The van der Waals surface area contributed by atoms with E-state index in [4.69, 9.17) is 16.3 Å². The lowest BCUT2D eigenvalue weighted by atomic mass is 10.1. The van der Waals surface area contributed by atoms with E-state index in [1.54, 1.807) is 6.92 Å². The van der Waals surface area contributed by atoms with Gasteiger partial charge in [0.2, 0.25) is 0 Å². The second-order valence-electron chi connectivity index (χ2n) is 3.08. The summed E-state index contributed by atoms with van der Waals surface area (Å²) in [5.41, 5.74) is -0.247. The van der Waals surface area contributed by atoms with Crippen molar-refractivity contribution in [2.45, 2.75) is 19.8 Å². The van der Waals surface area contributed by atoms with E-state index in [1.807, 2.05) is 22.6 Å². The summed E-state index contributed by atoms with van der Waals surface area (Å²) < 4.78 is 30.5. The molecule has 1 aromatic heterocycles. The van der Waals surface area contributed by atoms with Gasteiger partial charge in [0.15, 0.2) is 0 Å². The van der Waals surface area contributed by atoms with Crippen LogP contribution >= 0.6 is 34.2 Å². The quantitative estimate of drug-likeness (QED) is 0.460. The number of hydrogen-bond acceptors (Lipinski definition) is 3. The highest BCUT2D eigenvalue weighted by Crippen LogP contribution is 2.30. The molecule has 0 N–H and O–H groups in total. The molecule has 0 aliphatic carbocycles. The highest BCUT2D eigenvalue weighted by molar-refractivity contribution is 14.1. The van der Waals surface area contributed by atoms with Crippen LogP contribution in [0.3, 0.4) is 0 Å². The van der Waals surface area contributed by atoms with Gasteiger partial charge in [0, 0.05) is 11.8 Å². The Bertz CT molecular complexity index is 429. The number of pyridine rings is 1. The monoisotopic (exact) mass is 375 g/mol. The predicted octanol–water partition coefficient (Wildman–Crippen LogP) is 3.38. The van der Waals surface area contributed by atoms with Crippen molar-refractivity contribution in [2.75, 3.05) is 6.61 Å². The molecule has 7 heteroatoms. The fraction of sp³-hybridized carbons (Fsp3) is 0.400. The lowest BCUT2D eigenvalue weighted by Crippen LogP contribution is -2.11. The molecule has 1 rings (SSSR count). The molecule has 94 valence electrons. The van der Waals surface area contributed by atoms with E-state index in [0.717, 1.165) is 6.20 Å². The molecule has 0 aliphatic heterocycles. The van der Waals surface area contributed by atoms with Crippen LogP contribution in [0.5, 0.6) is 0 Å². The van der Waals surface area contributed by atoms with Gasteiger partial charge in [0.25, 0.3) is 6.43 Å². The molecule has 0 aliphatic rings. The van der Waals surface area contributed by atoms with E-state index in [-0.39, 0.29) is 29.2 Å². The fourth-order valence-corrected chi connectivity index (χ4v) is 1.93. The zero-order chi connectivity index (χ0) is 13.0. The molecule has 3 nitrogen and oxygen atoms in total. The van der Waals surface area contributed by atoms with Gasteiger partial charge < -0.3 is 4.74 Å². The van der Waals surface area contributed by atoms with E-state index in [9.17, 15) is 13.6 Å². The highest BCUT2D eigenvalue weighted by atomic mass is 127. The van der Waals surface area contributed by atoms with Crippen LogP contribution < -0.4 is 0 Å². The summed E-state index contributed by atoms with van der Waals surface area (Å²) >= 11 is 7.69. The van der Waals surface area contributed by atoms with Crippen LogP contribution in [0.25, 0.3) is 0 Å². The minimum Gasteiger partial charge on any atom is -0.466 e. The van der Waals surface area contributed by atoms with Crippen LogP contribution in [0.15, 0.2) is 6.20 Å². The summed E-state index contributed by atoms with van der Waals surface area (Å²) in [6.07, 6.45) is -1.96. The largest absolute Gasteiger partial charge is 0.466 e. The first-order valence-corrected chi connectivity index (χ1v) is 6.19. The number of alkyl halides is 2. The molecule has 1 aromatic rings. The SMILES string of the molecule is CCOC(=O)Cc1c(C(F)F)cnc(I)c1Cl. The topological polar surface area (TPSA) is 39.2 Å². The average molecular weight is 376 g/mol. The first kappa shape index (κ1) is 14.6. The van der Waals surface area contributed by atoms with Crippen LogP contribution in [-0.2, 0) is 16.0 Å². The number of carbonyl (C=O) groups is 1. The van der Waals surface area contributed by atoms with E-state index >= 15 is 0 Å². The molecular weight excluding hydrogens is 366 g/mol. The Morgan fingerprint density at radius 1 is 1.65 bits per heavy atom. The van der Waals surface area contributed by atoms with Gasteiger partial charge in [-0.3, -0.25) is 4.79 Å². The Hall–Kier alpha value is -0.500. The number of carbonyl (C=O) groups excluding carboxylic acids is 1. The standard InChI is InChI=1S/C10H9ClF2INO2/c1-2-17-7(16)3-5-6(9(12)13)4-15-10(14)8(5)11/h4,9H,2-3H2,1H3. The smallest absolute Gasteiger partial charge is 0.310 e. The maximum absolute atomic E-state index is 12.7. The molecule has 0 unspecified atom stereocenters. The molecule has 0 aromatic carbocycles. The van der Waals surface area contributed by atoms with Crippen LogP contribution in [0.4, 0.5) is 8.78 Å². The summed E-state index contributed by atoms with van der Waals surface area (Å²) in [6, 6.07) is 0. The minimum atomic E-state index is -2.72. The molecule has 1 heterocycles. The molecule has 0 spiro atoms. The van der Waals surface area contributed by atoms with Gasteiger partial charge in [-0.05, 0) is 35.1 Å². The normalized spacial score (nSPS) is 10.7. The summed E-state index contributed by atoms with van der Waals surface area (Å²) in [7, 11) is 0. The van der Waals surface area contributed by atoms with Crippen molar-refractivity contribution >= 4 is 40.2 Å². The van der Waals surface area contributed by atoms with Gasteiger partial charge in [-0.25, -0.2) is 13.8 Å². The summed E-state index contributed by atoms with van der Waals surface area (Å²) in [5, 5.41) is 0.0800. The third kappa shape index (κ3) is 3.74. The Morgan fingerprint density at radius 3 is 2.82 bits per heavy atom. The number of ether oxygens (including phenoxy) is 1. The van der Waals surface area contributed by atoms with Gasteiger partial charge in [0.1, 0.15) is 3.70 Å². The average Bonchev–Trinajstić information content (AvgIpc) is 2.25. The summed E-state index contributed by atoms with van der Waals surface area (Å²) in [5.74, 6) is -0.585. The van der Waals surface area contributed by atoms with Crippen LogP contribution in [0, 0.1) is 3.70 Å². The maximum Gasteiger partial charge on any atom is 0.310 e. The van der Waals surface area contributed by atoms with Crippen LogP contribution in [0.1, 0.15) is 24.5 Å². The molecule has 0 atom stereocenters. The summed E-state index contributed by atoms with van der Waals surface area (Å²) in [4.78, 5) is 15.0. The second-order valence-corrected chi connectivity index (χ2v) is 4.48. The Morgan fingerprint density at radius 2 is 2.29 bits per heavy atom. The van der Waals surface area contributed by atoms with Gasteiger partial charge >= 0.3 is 5.97 Å². The van der Waals surface area contributed by atoms with Crippen molar-refractivity contribution in [3.8, 4) is 0 Å². The number of esters is 1. The molecule has 0 bridgehead atoms. The number of aromatic nitrogens is 1. The van der Waals surface area contributed by atoms with Gasteiger partial charge in [-0.15, -0.1) is 0 Å². The third-order valence-electron chi connectivity index (χ3n) is 1.97. The van der Waals surface area contributed by atoms with E-state index in [2.05, 4.69) is 4.98 Å². The lowest BCUT2D eigenvalue weighted by molar-refractivity contribution is -0.142. The van der Waals surface area contributed by atoms with Crippen molar-refractivity contribution in [1.82, 2.24) is 4.98 Å². The molecule has 0 radical (unpaired) electrons. The number of nitrogens with zero attached hydrogens (tertiary/aromatic N) is 1. The fourth-order valence-electron chi connectivity index (χ4n) is 1.24. The molecular formula is C10H9ClF2INO2. The molecule has 0 fully saturated rings. The number of hydrogen-bond donors (Lipinski definition) is 0. The zero-order valence-electron chi connectivity index (χ0n) is 8.84. The first-order valence-electron chi connectivity index (χ1n) is 4.73. The zero-order valence-corrected chi connectivity index (χ0v) is 11.8. The molecule has 0 amide bonds. The van der Waals surface area contributed by atoms with Crippen molar-refractivity contribution in [3.63, 3.8) is 0 Å². The Balaban J connectivity index is 3.10. The predicted molar refractivity (Wildman–Crippen MR) is 67.3 cm³/mol. The van der Waals surface area contributed by atoms with Crippen molar-refractivity contribution in [3.05, 3.63) is 26.0 Å². The van der Waals surface area contributed by atoms with Crippen LogP contribution in [-0.4, -0.2) is 17.6 Å². The first-order chi connectivity index (χ1) is 7.97. The molecule has 0 saturated heterocycles. The van der Waals surface area contributed by atoms with Crippen molar-refractivity contribution < 1.29 is 18.3 Å². The maximum atomic E-state index is 12.7. The number of rotatable bonds is 4. The van der Waals surface area contributed by atoms with Gasteiger partial charge in [-0.1, -0.05) is 11.6 Å². The van der Waals surface area contributed by atoms with Gasteiger partial charge in [0.05, 0.1) is 18.1 Å². The highest BCUT2D eigenvalue weighted by Gasteiger charge is 2.21. The van der Waals surface area contributed by atoms with E-state index in [0.29, 0.717) is 3.70 Å². The van der Waals surface area contributed by atoms with Crippen molar-refractivity contribution in [1.29, 1.82) is 0 Å². The van der Waals surface area contributed by atoms with Crippen LogP contribution in [0.2, 0.25) is 5.02 Å². The Kier molecular flexibility index (Phi) is 5.51. The second kappa shape index (κ2) is 6.44. The molecule has 0 saturated carbocycles. The third-order valence-corrected chi connectivity index (χ3v) is 3.52. The van der Waals surface area contributed by atoms with E-state index < -0.39 is 12.4 Å². The molecule has 17 heavy (non-hydrogen) atoms. The Labute approximate surface area is 116 Å². The number of halogens is 4. The lowest BCUT2D eigenvalue weighted by Gasteiger charge is -2.11. The van der Waals surface area contributed by atoms with Crippen molar-refractivity contribution in [2.24, 2.45) is 0 Å². The summed E-state index contributed by atoms with van der Waals surface area (Å²) in [6.45, 7) is 1.84. The minimum absolute atomic E-state index is 0.0800. The van der Waals surface area contributed by atoms with Gasteiger partial charge in [-0.2, -0.15) is 0 Å². The van der Waals surface area contributed by atoms with E-state index in [1.165, 1.54) is 0 Å².